The first-order valence-electron chi connectivity index (χ1n) is 8.08. The zero-order valence-electron chi connectivity index (χ0n) is 14.3. The summed E-state index contributed by atoms with van der Waals surface area (Å²) >= 11 is 0. The van der Waals surface area contributed by atoms with Crippen molar-refractivity contribution >= 4 is 5.91 Å². The molecule has 6 heteroatoms. The van der Waals surface area contributed by atoms with Gasteiger partial charge in [0, 0.05) is 37.1 Å². The Balaban J connectivity index is 1.90. The van der Waals surface area contributed by atoms with Crippen molar-refractivity contribution in [1.29, 1.82) is 0 Å². The van der Waals surface area contributed by atoms with E-state index in [1.54, 1.807) is 0 Å². The summed E-state index contributed by atoms with van der Waals surface area (Å²) in [6.07, 6.45) is 1.02. The lowest BCUT2D eigenvalue weighted by atomic mass is 10.2. The highest BCUT2D eigenvalue weighted by Crippen LogP contribution is 2.22. The number of nitrogens with zero attached hydrogens (tertiary/aromatic N) is 4. The zero-order chi connectivity index (χ0) is 16.6. The van der Waals surface area contributed by atoms with Crippen LogP contribution in [0, 0.1) is 20.8 Å². The minimum atomic E-state index is 0.111. The van der Waals surface area contributed by atoms with E-state index in [1.807, 2.05) is 42.4 Å². The van der Waals surface area contributed by atoms with Crippen molar-refractivity contribution in [3.05, 3.63) is 34.8 Å². The Hall–Kier alpha value is -2.08. The first kappa shape index (κ1) is 15.8. The second-order valence-corrected chi connectivity index (χ2v) is 6.37. The SMILES string of the molecule is Cc1cc(-n2c(C)cc(C(=O)N3CCCN(C)CC3)c2C)no1. The van der Waals surface area contributed by atoms with E-state index >= 15 is 0 Å². The van der Waals surface area contributed by atoms with Gasteiger partial charge in [-0.2, -0.15) is 0 Å². The van der Waals surface area contributed by atoms with Gasteiger partial charge in [-0.15, -0.1) is 0 Å². The molecule has 0 aliphatic carbocycles. The quantitative estimate of drug-likeness (QED) is 0.852. The largest absolute Gasteiger partial charge is 0.360 e. The van der Waals surface area contributed by atoms with Gasteiger partial charge >= 0.3 is 0 Å². The van der Waals surface area contributed by atoms with Crippen LogP contribution >= 0.6 is 0 Å². The van der Waals surface area contributed by atoms with E-state index in [-0.39, 0.29) is 5.91 Å². The van der Waals surface area contributed by atoms with Crippen molar-refractivity contribution < 1.29 is 9.32 Å². The number of amides is 1. The van der Waals surface area contributed by atoms with Gasteiger partial charge in [-0.25, -0.2) is 0 Å². The van der Waals surface area contributed by atoms with Crippen LogP contribution in [0.4, 0.5) is 0 Å². The fourth-order valence-electron chi connectivity index (χ4n) is 3.21. The Labute approximate surface area is 136 Å². The summed E-state index contributed by atoms with van der Waals surface area (Å²) in [6.45, 7) is 9.38. The fourth-order valence-corrected chi connectivity index (χ4v) is 3.21. The number of aryl methyl sites for hydroxylation is 2. The van der Waals surface area contributed by atoms with Crippen LogP contribution in [0.25, 0.3) is 5.82 Å². The van der Waals surface area contributed by atoms with E-state index in [0.29, 0.717) is 0 Å². The molecule has 0 spiro atoms. The Morgan fingerprint density at radius 2 is 1.91 bits per heavy atom. The third-order valence-corrected chi connectivity index (χ3v) is 4.51. The summed E-state index contributed by atoms with van der Waals surface area (Å²) < 4.78 is 7.15. The minimum Gasteiger partial charge on any atom is -0.360 e. The van der Waals surface area contributed by atoms with Gasteiger partial charge in [0.2, 0.25) is 0 Å². The number of hydrogen-bond donors (Lipinski definition) is 0. The predicted molar refractivity (Wildman–Crippen MR) is 88.1 cm³/mol. The molecule has 0 bridgehead atoms. The van der Waals surface area contributed by atoms with Crippen LogP contribution in [0.1, 0.15) is 33.9 Å². The summed E-state index contributed by atoms with van der Waals surface area (Å²) in [5.74, 6) is 1.60. The molecule has 1 aliphatic heterocycles. The molecule has 0 saturated carbocycles. The van der Waals surface area contributed by atoms with Crippen molar-refractivity contribution in [2.24, 2.45) is 0 Å². The second-order valence-electron chi connectivity index (χ2n) is 6.37. The maximum Gasteiger partial charge on any atom is 0.255 e. The Morgan fingerprint density at radius 3 is 2.61 bits per heavy atom. The molecule has 3 heterocycles. The van der Waals surface area contributed by atoms with Gasteiger partial charge in [0.1, 0.15) is 5.76 Å². The summed E-state index contributed by atoms with van der Waals surface area (Å²) in [6, 6.07) is 3.84. The number of likely N-dealkylation sites (N-methyl/N-ethyl adjacent to an activating group) is 1. The Bertz CT molecular complexity index is 716. The van der Waals surface area contributed by atoms with Crippen LogP contribution in [0.5, 0.6) is 0 Å². The fraction of sp³-hybridized carbons (Fsp3) is 0.529. The molecule has 0 unspecified atom stereocenters. The predicted octanol–water partition coefficient (Wildman–Crippen LogP) is 2.17. The summed E-state index contributed by atoms with van der Waals surface area (Å²) in [4.78, 5) is 17.2. The molecule has 1 fully saturated rings. The summed E-state index contributed by atoms with van der Waals surface area (Å²) in [7, 11) is 2.10. The molecule has 0 atom stereocenters. The molecular formula is C17H24N4O2. The molecule has 6 nitrogen and oxygen atoms in total. The molecule has 1 saturated heterocycles. The Morgan fingerprint density at radius 1 is 1.13 bits per heavy atom. The maximum atomic E-state index is 12.9. The van der Waals surface area contributed by atoms with E-state index < -0.39 is 0 Å². The summed E-state index contributed by atoms with van der Waals surface area (Å²) in [5.41, 5.74) is 2.66. The van der Waals surface area contributed by atoms with Crippen molar-refractivity contribution in [1.82, 2.24) is 19.5 Å². The second kappa shape index (κ2) is 6.20. The molecule has 0 aromatic carbocycles. The molecule has 124 valence electrons. The van der Waals surface area contributed by atoms with E-state index in [2.05, 4.69) is 17.1 Å². The normalized spacial score (nSPS) is 16.6. The number of carbonyl (C=O) groups is 1. The highest BCUT2D eigenvalue weighted by atomic mass is 16.5. The first-order chi connectivity index (χ1) is 11.0. The third-order valence-electron chi connectivity index (χ3n) is 4.51. The van der Waals surface area contributed by atoms with Gasteiger partial charge in [0.15, 0.2) is 5.82 Å². The van der Waals surface area contributed by atoms with E-state index in [1.165, 1.54) is 0 Å². The number of carbonyl (C=O) groups excluding carboxylic acids is 1. The minimum absolute atomic E-state index is 0.111. The molecule has 0 radical (unpaired) electrons. The lowest BCUT2D eigenvalue weighted by Crippen LogP contribution is -2.34. The van der Waals surface area contributed by atoms with Crippen molar-refractivity contribution in [2.45, 2.75) is 27.2 Å². The highest BCUT2D eigenvalue weighted by Gasteiger charge is 2.24. The monoisotopic (exact) mass is 316 g/mol. The molecular weight excluding hydrogens is 292 g/mol. The molecule has 2 aromatic heterocycles. The first-order valence-corrected chi connectivity index (χ1v) is 8.08. The van der Waals surface area contributed by atoms with Gasteiger partial charge < -0.3 is 14.3 Å². The number of rotatable bonds is 2. The van der Waals surface area contributed by atoms with Crippen molar-refractivity contribution in [3.63, 3.8) is 0 Å². The number of hydrogen-bond acceptors (Lipinski definition) is 4. The smallest absolute Gasteiger partial charge is 0.255 e. The molecule has 1 aliphatic rings. The van der Waals surface area contributed by atoms with Gasteiger partial charge in [-0.3, -0.25) is 9.36 Å². The molecule has 2 aromatic rings. The maximum absolute atomic E-state index is 12.9. The topological polar surface area (TPSA) is 54.5 Å². The molecule has 3 rings (SSSR count). The van der Waals surface area contributed by atoms with Crippen molar-refractivity contribution in [3.8, 4) is 5.82 Å². The lowest BCUT2D eigenvalue weighted by molar-refractivity contribution is 0.0762. The van der Waals surface area contributed by atoms with Crippen LogP contribution in [0.2, 0.25) is 0 Å². The van der Waals surface area contributed by atoms with Crippen LogP contribution in [-0.4, -0.2) is 58.7 Å². The average molecular weight is 316 g/mol. The van der Waals surface area contributed by atoms with Gasteiger partial charge in [-0.1, -0.05) is 5.16 Å². The van der Waals surface area contributed by atoms with Gasteiger partial charge in [-0.05, 0) is 46.9 Å². The van der Waals surface area contributed by atoms with Gasteiger partial charge in [0.05, 0.1) is 5.56 Å². The Kier molecular flexibility index (Phi) is 4.26. The average Bonchev–Trinajstić information content (AvgIpc) is 2.96. The highest BCUT2D eigenvalue weighted by molar-refractivity contribution is 5.96. The van der Waals surface area contributed by atoms with E-state index in [9.17, 15) is 4.79 Å². The zero-order valence-corrected chi connectivity index (χ0v) is 14.3. The molecule has 23 heavy (non-hydrogen) atoms. The van der Waals surface area contributed by atoms with Crippen LogP contribution in [0.15, 0.2) is 16.7 Å². The number of aromatic nitrogens is 2. The van der Waals surface area contributed by atoms with E-state index in [0.717, 1.165) is 61.1 Å². The van der Waals surface area contributed by atoms with Crippen LogP contribution < -0.4 is 0 Å². The summed E-state index contributed by atoms with van der Waals surface area (Å²) in [5, 5.41) is 4.07. The van der Waals surface area contributed by atoms with Crippen molar-refractivity contribution in [2.75, 3.05) is 33.2 Å². The standard InChI is InChI=1S/C17H24N4O2/c1-12-10-15(14(3)21(12)16-11-13(2)23-18-16)17(22)20-7-5-6-19(4)8-9-20/h10-11H,5-9H2,1-4H3. The van der Waals surface area contributed by atoms with Gasteiger partial charge in [0.25, 0.3) is 5.91 Å². The third kappa shape index (κ3) is 3.03. The lowest BCUT2D eigenvalue weighted by Gasteiger charge is -2.20. The van der Waals surface area contributed by atoms with Crippen LogP contribution in [0.3, 0.4) is 0 Å². The van der Waals surface area contributed by atoms with E-state index in [4.69, 9.17) is 4.52 Å². The molecule has 1 amide bonds. The van der Waals surface area contributed by atoms with Crippen LogP contribution in [-0.2, 0) is 0 Å². The molecule has 0 N–H and O–H groups in total.